The molecule has 3 heteroatoms. The maximum Gasteiger partial charge on any atom is 0.168 e. The molecular formula is C10H14N2O. The molecule has 0 N–H and O–H groups in total. The van der Waals surface area contributed by atoms with Crippen molar-refractivity contribution in [1.29, 1.82) is 0 Å². The lowest BCUT2D eigenvalue weighted by Gasteiger charge is -2.01. The number of aldehydes is 1. The quantitative estimate of drug-likeness (QED) is 0.661. The van der Waals surface area contributed by atoms with E-state index >= 15 is 0 Å². The van der Waals surface area contributed by atoms with E-state index < -0.39 is 0 Å². The van der Waals surface area contributed by atoms with Crippen LogP contribution in [-0.2, 0) is 0 Å². The van der Waals surface area contributed by atoms with Crippen LogP contribution in [0.1, 0.15) is 42.7 Å². The minimum Gasteiger partial charge on any atom is -0.325 e. The number of hydrogen-bond acceptors (Lipinski definition) is 2. The fraction of sp³-hybridized carbons (Fsp3) is 0.600. The summed E-state index contributed by atoms with van der Waals surface area (Å²) in [5, 5.41) is 0. The lowest BCUT2D eigenvalue weighted by molar-refractivity contribution is 0.111. The summed E-state index contributed by atoms with van der Waals surface area (Å²) < 4.78 is 2.01. The zero-order valence-electron chi connectivity index (χ0n) is 7.81. The van der Waals surface area contributed by atoms with Crippen LogP contribution in [0.5, 0.6) is 0 Å². The van der Waals surface area contributed by atoms with Gasteiger partial charge < -0.3 is 4.57 Å². The number of aromatic nitrogens is 2. The normalized spacial score (nSPS) is 25.9. The summed E-state index contributed by atoms with van der Waals surface area (Å²) in [6.45, 7) is 2.20. The third-order valence-electron chi connectivity index (χ3n) is 2.72. The first-order valence-corrected chi connectivity index (χ1v) is 4.83. The molecule has 0 amide bonds. The van der Waals surface area contributed by atoms with Crippen molar-refractivity contribution in [3.8, 4) is 0 Å². The van der Waals surface area contributed by atoms with Crippen LogP contribution in [0.15, 0.2) is 12.5 Å². The van der Waals surface area contributed by atoms with Crippen molar-refractivity contribution in [2.75, 3.05) is 0 Å². The Morgan fingerprint density at radius 2 is 2.62 bits per heavy atom. The second-order valence-corrected chi connectivity index (χ2v) is 3.70. The molecule has 2 rings (SSSR count). The summed E-state index contributed by atoms with van der Waals surface area (Å²) >= 11 is 0. The van der Waals surface area contributed by atoms with Gasteiger partial charge in [-0.3, -0.25) is 4.79 Å². The molecule has 1 aromatic rings. The molecule has 2 atom stereocenters. The van der Waals surface area contributed by atoms with Gasteiger partial charge in [-0.1, -0.05) is 13.3 Å². The first kappa shape index (κ1) is 8.48. The molecular weight excluding hydrogens is 164 g/mol. The van der Waals surface area contributed by atoms with Gasteiger partial charge in [-0.25, -0.2) is 4.98 Å². The molecule has 0 aliphatic heterocycles. The van der Waals surface area contributed by atoms with Crippen molar-refractivity contribution < 1.29 is 4.79 Å². The molecule has 3 nitrogen and oxygen atoms in total. The van der Waals surface area contributed by atoms with Gasteiger partial charge in [-0.15, -0.1) is 0 Å². The second-order valence-electron chi connectivity index (χ2n) is 3.70. The van der Waals surface area contributed by atoms with Crippen molar-refractivity contribution in [3.05, 3.63) is 18.2 Å². The summed E-state index contributed by atoms with van der Waals surface area (Å²) in [6, 6.07) is 0.544. The minimum absolute atomic E-state index is 0.544. The standard InChI is InChI=1S/C10H14N2O/c1-2-3-8-4-10(8)12-7-11-5-9(12)6-13/h5-8,10H,2-4H2,1H3. The van der Waals surface area contributed by atoms with Gasteiger partial charge in [0.1, 0.15) is 5.69 Å². The van der Waals surface area contributed by atoms with Crippen LogP contribution in [-0.4, -0.2) is 15.8 Å². The van der Waals surface area contributed by atoms with E-state index in [1.807, 2.05) is 4.57 Å². The minimum atomic E-state index is 0.544. The summed E-state index contributed by atoms with van der Waals surface area (Å²) in [7, 11) is 0. The molecule has 2 unspecified atom stereocenters. The first-order chi connectivity index (χ1) is 6.36. The average molecular weight is 178 g/mol. The smallest absolute Gasteiger partial charge is 0.168 e. The molecule has 1 fully saturated rings. The van der Waals surface area contributed by atoms with Crippen LogP contribution in [0.4, 0.5) is 0 Å². The number of carbonyl (C=O) groups is 1. The molecule has 1 aromatic heterocycles. The van der Waals surface area contributed by atoms with Crippen molar-refractivity contribution >= 4 is 6.29 Å². The molecule has 1 heterocycles. The summed E-state index contributed by atoms with van der Waals surface area (Å²) in [6.07, 6.45) is 7.99. The van der Waals surface area contributed by atoms with Crippen molar-refractivity contribution in [3.63, 3.8) is 0 Å². The maximum atomic E-state index is 10.6. The van der Waals surface area contributed by atoms with Crippen LogP contribution in [0, 0.1) is 5.92 Å². The Kier molecular flexibility index (Phi) is 2.17. The van der Waals surface area contributed by atoms with Gasteiger partial charge in [0.25, 0.3) is 0 Å². The Hall–Kier alpha value is -1.12. The number of hydrogen-bond donors (Lipinski definition) is 0. The van der Waals surface area contributed by atoms with E-state index in [1.165, 1.54) is 19.3 Å². The fourth-order valence-corrected chi connectivity index (χ4v) is 1.94. The number of imidazole rings is 1. The van der Waals surface area contributed by atoms with Crippen LogP contribution in [0.3, 0.4) is 0 Å². The Bertz CT molecular complexity index is 306. The second kappa shape index (κ2) is 3.32. The van der Waals surface area contributed by atoms with Crippen LogP contribution >= 0.6 is 0 Å². The van der Waals surface area contributed by atoms with E-state index in [4.69, 9.17) is 0 Å². The number of nitrogens with zero attached hydrogens (tertiary/aromatic N) is 2. The number of carbonyl (C=O) groups excluding carboxylic acids is 1. The Balaban J connectivity index is 2.06. The van der Waals surface area contributed by atoms with Crippen molar-refractivity contribution in [2.24, 2.45) is 5.92 Å². The highest BCUT2D eigenvalue weighted by Gasteiger charge is 2.38. The van der Waals surface area contributed by atoms with Gasteiger partial charge in [0, 0.05) is 6.04 Å². The van der Waals surface area contributed by atoms with E-state index in [9.17, 15) is 4.79 Å². The molecule has 70 valence electrons. The molecule has 13 heavy (non-hydrogen) atoms. The molecule has 0 saturated heterocycles. The predicted molar refractivity (Wildman–Crippen MR) is 49.7 cm³/mol. The highest BCUT2D eigenvalue weighted by Crippen LogP contribution is 2.46. The molecule has 0 spiro atoms. The highest BCUT2D eigenvalue weighted by molar-refractivity contribution is 5.71. The molecule has 0 bridgehead atoms. The van der Waals surface area contributed by atoms with E-state index in [0.717, 1.165) is 12.2 Å². The SMILES string of the molecule is CCCC1CC1n1cncc1C=O. The fourth-order valence-electron chi connectivity index (χ4n) is 1.94. The average Bonchev–Trinajstić information content (AvgIpc) is 2.75. The van der Waals surface area contributed by atoms with Crippen LogP contribution in [0.2, 0.25) is 0 Å². The zero-order valence-corrected chi connectivity index (χ0v) is 7.81. The molecule has 1 saturated carbocycles. The summed E-state index contributed by atoms with van der Waals surface area (Å²) in [5.74, 6) is 0.776. The van der Waals surface area contributed by atoms with E-state index in [-0.39, 0.29) is 0 Å². The summed E-state index contributed by atoms with van der Waals surface area (Å²) in [4.78, 5) is 14.6. The van der Waals surface area contributed by atoms with E-state index in [2.05, 4.69) is 11.9 Å². The monoisotopic (exact) mass is 178 g/mol. The molecule has 1 aliphatic rings. The Morgan fingerprint density at radius 1 is 1.77 bits per heavy atom. The van der Waals surface area contributed by atoms with Gasteiger partial charge in [-0.2, -0.15) is 0 Å². The van der Waals surface area contributed by atoms with Gasteiger partial charge in [0.05, 0.1) is 12.5 Å². The van der Waals surface area contributed by atoms with Gasteiger partial charge in [0.15, 0.2) is 6.29 Å². The van der Waals surface area contributed by atoms with Crippen molar-refractivity contribution in [2.45, 2.75) is 32.2 Å². The summed E-state index contributed by atoms with van der Waals surface area (Å²) in [5.41, 5.74) is 0.712. The number of rotatable bonds is 4. The molecule has 0 radical (unpaired) electrons. The van der Waals surface area contributed by atoms with Crippen molar-refractivity contribution in [1.82, 2.24) is 9.55 Å². The first-order valence-electron chi connectivity index (χ1n) is 4.83. The van der Waals surface area contributed by atoms with Crippen LogP contribution in [0.25, 0.3) is 0 Å². The van der Waals surface area contributed by atoms with Gasteiger partial charge in [-0.05, 0) is 18.8 Å². The lowest BCUT2D eigenvalue weighted by atomic mass is 10.2. The molecule has 0 aromatic carbocycles. The third kappa shape index (κ3) is 1.50. The maximum absolute atomic E-state index is 10.6. The zero-order chi connectivity index (χ0) is 9.26. The third-order valence-corrected chi connectivity index (χ3v) is 2.72. The van der Waals surface area contributed by atoms with Gasteiger partial charge in [0.2, 0.25) is 0 Å². The topological polar surface area (TPSA) is 34.9 Å². The molecule has 1 aliphatic carbocycles. The lowest BCUT2D eigenvalue weighted by Crippen LogP contribution is -1.99. The highest BCUT2D eigenvalue weighted by atomic mass is 16.1. The predicted octanol–water partition coefficient (Wildman–Crippen LogP) is 2.06. The van der Waals surface area contributed by atoms with E-state index in [1.54, 1.807) is 12.5 Å². The Morgan fingerprint density at radius 3 is 3.31 bits per heavy atom. The largest absolute Gasteiger partial charge is 0.325 e. The Labute approximate surface area is 77.8 Å². The van der Waals surface area contributed by atoms with Crippen LogP contribution < -0.4 is 0 Å². The van der Waals surface area contributed by atoms with Gasteiger partial charge >= 0.3 is 0 Å². The van der Waals surface area contributed by atoms with E-state index in [0.29, 0.717) is 11.7 Å².